The second kappa shape index (κ2) is 10.3. The summed E-state index contributed by atoms with van der Waals surface area (Å²) in [6.45, 7) is 6.87. The maximum absolute atomic E-state index is 12.9. The molecule has 1 aliphatic heterocycles. The minimum atomic E-state index is -0.458. The molecular formula is C23H30N6O4. The number of nitrogens with one attached hydrogen (secondary N) is 3. The van der Waals surface area contributed by atoms with Crippen molar-refractivity contribution in [3.8, 4) is 5.75 Å². The highest BCUT2D eigenvalue weighted by atomic mass is 16.5. The summed E-state index contributed by atoms with van der Waals surface area (Å²) in [7, 11) is 1.48. The first-order valence-corrected chi connectivity index (χ1v) is 10.8. The number of carbonyl (C=O) groups is 3. The molecule has 2 heterocycles. The van der Waals surface area contributed by atoms with Crippen LogP contribution in [0, 0.1) is 0 Å². The molecule has 1 aliphatic rings. The number of nitrogens with zero attached hydrogens (tertiary/aromatic N) is 3. The lowest BCUT2D eigenvalue weighted by Gasteiger charge is -2.34. The molecule has 0 saturated carbocycles. The van der Waals surface area contributed by atoms with E-state index in [0.29, 0.717) is 37.2 Å². The van der Waals surface area contributed by atoms with Crippen molar-refractivity contribution in [2.75, 3.05) is 25.5 Å². The third kappa shape index (κ3) is 6.41. The highest BCUT2D eigenvalue weighted by Crippen LogP contribution is 2.20. The van der Waals surface area contributed by atoms with E-state index in [1.807, 2.05) is 20.8 Å². The number of anilines is 1. The van der Waals surface area contributed by atoms with Gasteiger partial charge >= 0.3 is 6.03 Å². The highest BCUT2D eigenvalue weighted by Gasteiger charge is 2.27. The summed E-state index contributed by atoms with van der Waals surface area (Å²) in [6, 6.07) is 6.55. The van der Waals surface area contributed by atoms with Crippen molar-refractivity contribution in [3.05, 3.63) is 47.9 Å². The number of ether oxygens (including phenoxy) is 1. The number of hydrogen-bond donors (Lipinski definition) is 3. The molecule has 1 aromatic carbocycles. The Bertz CT molecular complexity index is 1010. The summed E-state index contributed by atoms with van der Waals surface area (Å²) in [6.07, 6.45) is 4.03. The lowest BCUT2D eigenvalue weighted by Crippen LogP contribution is -2.53. The van der Waals surface area contributed by atoms with Crippen molar-refractivity contribution >= 4 is 23.7 Å². The van der Waals surface area contributed by atoms with E-state index in [1.54, 1.807) is 29.2 Å². The van der Waals surface area contributed by atoms with E-state index in [-0.39, 0.29) is 29.1 Å². The molecule has 176 valence electrons. The van der Waals surface area contributed by atoms with Crippen molar-refractivity contribution in [1.29, 1.82) is 0 Å². The Balaban J connectivity index is 1.62. The van der Waals surface area contributed by atoms with E-state index < -0.39 is 11.8 Å². The number of amides is 4. The number of carbonyl (C=O) groups excluding carboxylic acids is 3. The molecule has 3 N–H and O–H groups in total. The molecule has 1 saturated heterocycles. The first-order chi connectivity index (χ1) is 15.7. The Hall–Kier alpha value is -3.69. The van der Waals surface area contributed by atoms with Gasteiger partial charge < -0.3 is 25.6 Å². The summed E-state index contributed by atoms with van der Waals surface area (Å²) < 4.78 is 5.23. The number of benzene rings is 1. The maximum atomic E-state index is 12.9. The zero-order valence-electron chi connectivity index (χ0n) is 19.3. The number of para-hydroxylation sites is 1. The van der Waals surface area contributed by atoms with Crippen LogP contribution in [0.3, 0.4) is 0 Å². The molecule has 3 rings (SSSR count). The third-order valence-electron chi connectivity index (χ3n) is 5.10. The van der Waals surface area contributed by atoms with Gasteiger partial charge in [0.05, 0.1) is 12.7 Å². The molecule has 0 atom stereocenters. The quantitative estimate of drug-likeness (QED) is 0.637. The molecule has 0 radical (unpaired) electrons. The van der Waals surface area contributed by atoms with E-state index in [4.69, 9.17) is 4.74 Å². The molecule has 2 aromatic rings. The monoisotopic (exact) mass is 454 g/mol. The van der Waals surface area contributed by atoms with Crippen LogP contribution in [0.5, 0.6) is 5.75 Å². The van der Waals surface area contributed by atoms with Crippen LogP contribution in [0.15, 0.2) is 36.7 Å². The predicted molar refractivity (Wildman–Crippen MR) is 123 cm³/mol. The first kappa shape index (κ1) is 24.0. The Morgan fingerprint density at radius 1 is 1.03 bits per heavy atom. The number of methoxy groups -OCH3 is 1. The van der Waals surface area contributed by atoms with Crippen LogP contribution < -0.4 is 20.7 Å². The molecular weight excluding hydrogens is 424 g/mol. The molecule has 10 nitrogen and oxygen atoms in total. The van der Waals surface area contributed by atoms with E-state index in [0.717, 1.165) is 0 Å². The topological polar surface area (TPSA) is 126 Å². The van der Waals surface area contributed by atoms with Gasteiger partial charge in [-0.1, -0.05) is 12.1 Å². The number of likely N-dealkylation sites (tertiary alicyclic amines) is 1. The predicted octanol–water partition coefficient (Wildman–Crippen LogP) is 2.44. The summed E-state index contributed by atoms with van der Waals surface area (Å²) in [5, 5.41) is 8.54. The van der Waals surface area contributed by atoms with Crippen molar-refractivity contribution in [2.24, 2.45) is 0 Å². The van der Waals surface area contributed by atoms with Crippen LogP contribution in [0.1, 0.15) is 54.5 Å². The summed E-state index contributed by atoms with van der Waals surface area (Å²) in [5.74, 6) is -0.420. The van der Waals surface area contributed by atoms with Gasteiger partial charge in [0.25, 0.3) is 11.8 Å². The third-order valence-corrected chi connectivity index (χ3v) is 5.10. The van der Waals surface area contributed by atoms with Crippen LogP contribution in [0.4, 0.5) is 10.6 Å². The largest absolute Gasteiger partial charge is 0.496 e. The van der Waals surface area contributed by atoms with Gasteiger partial charge in [-0.15, -0.1) is 0 Å². The number of rotatable bonds is 5. The summed E-state index contributed by atoms with van der Waals surface area (Å²) in [4.78, 5) is 47.9. The van der Waals surface area contributed by atoms with Gasteiger partial charge in [-0.05, 0) is 45.7 Å². The molecule has 0 aliphatic carbocycles. The van der Waals surface area contributed by atoms with E-state index in [2.05, 4.69) is 25.9 Å². The number of hydrogen-bond acceptors (Lipinski definition) is 6. The molecule has 1 aromatic heterocycles. The van der Waals surface area contributed by atoms with Gasteiger partial charge in [0.1, 0.15) is 5.75 Å². The van der Waals surface area contributed by atoms with Gasteiger partial charge in [0.2, 0.25) is 0 Å². The average molecular weight is 455 g/mol. The Morgan fingerprint density at radius 2 is 1.70 bits per heavy atom. The second-order valence-electron chi connectivity index (χ2n) is 8.82. The van der Waals surface area contributed by atoms with E-state index in [9.17, 15) is 14.4 Å². The smallest absolute Gasteiger partial charge is 0.317 e. The zero-order valence-corrected chi connectivity index (χ0v) is 19.3. The summed E-state index contributed by atoms with van der Waals surface area (Å²) >= 11 is 0. The van der Waals surface area contributed by atoms with Crippen LogP contribution in [0.2, 0.25) is 0 Å². The van der Waals surface area contributed by atoms with Gasteiger partial charge in [0, 0.05) is 37.1 Å². The molecule has 0 spiro atoms. The van der Waals surface area contributed by atoms with Crippen molar-refractivity contribution in [3.63, 3.8) is 0 Å². The second-order valence-corrected chi connectivity index (χ2v) is 8.82. The number of urea groups is 1. The number of aromatic nitrogens is 2. The number of piperidine rings is 1. The minimum absolute atomic E-state index is 0.0219. The zero-order chi connectivity index (χ0) is 24.0. The maximum Gasteiger partial charge on any atom is 0.317 e. The SMILES string of the molecule is COc1ccccc1C(=O)Nc1nccnc1C(=O)NC1CCN(C(=O)NC(C)(C)C)CC1. The van der Waals surface area contributed by atoms with Gasteiger partial charge in [0.15, 0.2) is 11.5 Å². The average Bonchev–Trinajstić information content (AvgIpc) is 2.78. The fraction of sp³-hybridized carbons (Fsp3) is 0.435. The molecule has 10 heteroatoms. The van der Waals surface area contributed by atoms with Crippen LogP contribution in [-0.4, -0.2) is 64.5 Å². The minimum Gasteiger partial charge on any atom is -0.496 e. The first-order valence-electron chi connectivity index (χ1n) is 10.8. The molecule has 33 heavy (non-hydrogen) atoms. The fourth-order valence-corrected chi connectivity index (χ4v) is 3.48. The van der Waals surface area contributed by atoms with Gasteiger partial charge in [-0.3, -0.25) is 9.59 Å². The molecule has 0 bridgehead atoms. The fourth-order valence-electron chi connectivity index (χ4n) is 3.48. The van der Waals surface area contributed by atoms with E-state index in [1.165, 1.54) is 19.5 Å². The van der Waals surface area contributed by atoms with Crippen molar-refractivity contribution < 1.29 is 19.1 Å². The molecule has 0 unspecified atom stereocenters. The van der Waals surface area contributed by atoms with Crippen LogP contribution >= 0.6 is 0 Å². The Kier molecular flexibility index (Phi) is 7.47. The van der Waals surface area contributed by atoms with E-state index >= 15 is 0 Å². The van der Waals surface area contributed by atoms with Crippen LogP contribution in [0.25, 0.3) is 0 Å². The van der Waals surface area contributed by atoms with Crippen LogP contribution in [-0.2, 0) is 0 Å². The Labute approximate surface area is 193 Å². The molecule has 4 amide bonds. The standard InChI is InChI=1S/C23H30N6O4/c1-23(2,3)28-22(32)29-13-9-15(10-14-29)26-21(31)18-19(25-12-11-24-18)27-20(30)16-7-5-6-8-17(16)33-4/h5-8,11-12,15H,9-10,13-14H2,1-4H3,(H,26,31)(H,28,32)(H,25,27,30). The van der Waals surface area contributed by atoms with Gasteiger partial charge in [-0.2, -0.15) is 0 Å². The van der Waals surface area contributed by atoms with Crippen molar-refractivity contribution in [1.82, 2.24) is 25.5 Å². The lowest BCUT2D eigenvalue weighted by atomic mass is 10.0. The van der Waals surface area contributed by atoms with Gasteiger partial charge in [-0.25, -0.2) is 14.8 Å². The summed E-state index contributed by atoms with van der Waals surface area (Å²) in [5.41, 5.74) is 0.0326. The highest BCUT2D eigenvalue weighted by molar-refractivity contribution is 6.08. The molecule has 1 fully saturated rings. The van der Waals surface area contributed by atoms with Crippen molar-refractivity contribution in [2.45, 2.75) is 45.2 Å². The lowest BCUT2D eigenvalue weighted by molar-refractivity contribution is 0.0913. The normalized spacial score (nSPS) is 14.4. The Morgan fingerprint density at radius 3 is 2.36 bits per heavy atom.